The molecule has 0 unspecified atom stereocenters. The number of anilines is 1. The van der Waals surface area contributed by atoms with E-state index in [1.54, 1.807) is 26.1 Å². The van der Waals surface area contributed by atoms with Crippen molar-refractivity contribution in [1.29, 1.82) is 0 Å². The number of aliphatic hydroxyl groups excluding tert-OH is 1. The molecule has 31 heavy (non-hydrogen) atoms. The van der Waals surface area contributed by atoms with Crippen molar-refractivity contribution in [1.82, 2.24) is 9.91 Å². The summed E-state index contributed by atoms with van der Waals surface area (Å²) in [7, 11) is 2.67. The zero-order chi connectivity index (χ0) is 22.7. The Labute approximate surface area is 180 Å². The molecule has 2 aliphatic heterocycles. The molecule has 166 valence electrons. The van der Waals surface area contributed by atoms with Crippen LogP contribution in [0.3, 0.4) is 0 Å². The number of carbonyl (C=O) groups is 1. The average molecular weight is 430 g/mol. The van der Waals surface area contributed by atoms with Crippen molar-refractivity contribution in [2.45, 2.75) is 26.1 Å². The van der Waals surface area contributed by atoms with Gasteiger partial charge in [0.1, 0.15) is 11.9 Å². The van der Waals surface area contributed by atoms with Gasteiger partial charge in [-0.2, -0.15) is 0 Å². The summed E-state index contributed by atoms with van der Waals surface area (Å²) < 4.78 is 20.0. The lowest BCUT2D eigenvalue weighted by molar-refractivity contribution is 0.150. The maximum absolute atomic E-state index is 14.9. The van der Waals surface area contributed by atoms with E-state index in [0.717, 1.165) is 23.8 Å². The summed E-state index contributed by atoms with van der Waals surface area (Å²) in [6.45, 7) is 3.43. The Kier molecular flexibility index (Phi) is 6.62. The summed E-state index contributed by atoms with van der Waals surface area (Å²) in [5, 5.41) is 12.1. The van der Waals surface area contributed by atoms with Crippen LogP contribution in [0.2, 0.25) is 0 Å². The number of aliphatic hydroxyl groups is 1. The number of guanidine groups is 1. The first-order valence-corrected chi connectivity index (χ1v) is 9.73. The first kappa shape index (κ1) is 22.3. The number of ether oxygens (including phenoxy) is 1. The van der Waals surface area contributed by atoms with Crippen LogP contribution >= 0.6 is 0 Å². The van der Waals surface area contributed by atoms with Crippen LogP contribution in [0.15, 0.2) is 41.5 Å². The predicted molar refractivity (Wildman–Crippen MR) is 116 cm³/mol. The third kappa shape index (κ3) is 4.39. The molecule has 5 N–H and O–H groups in total. The normalized spacial score (nSPS) is 17.8. The molecule has 1 amide bonds. The molecule has 1 atom stereocenters. The topological polar surface area (TPSA) is 121 Å². The first-order chi connectivity index (χ1) is 14.9. The molecule has 2 aliphatic rings. The molecule has 0 radical (unpaired) electrons. The van der Waals surface area contributed by atoms with Gasteiger partial charge in [0.15, 0.2) is 0 Å². The van der Waals surface area contributed by atoms with Crippen molar-refractivity contribution in [3.8, 4) is 11.1 Å². The minimum Gasteiger partial charge on any atom is -0.444 e. The number of halogens is 1. The maximum atomic E-state index is 14.9. The van der Waals surface area contributed by atoms with Crippen LogP contribution in [0.1, 0.15) is 18.1 Å². The van der Waals surface area contributed by atoms with E-state index >= 15 is 0 Å². The van der Waals surface area contributed by atoms with E-state index in [0.29, 0.717) is 36.8 Å². The summed E-state index contributed by atoms with van der Waals surface area (Å²) >= 11 is 0. The van der Waals surface area contributed by atoms with Gasteiger partial charge >= 0.3 is 6.09 Å². The van der Waals surface area contributed by atoms with Gasteiger partial charge in [-0.1, -0.05) is 12.1 Å². The number of nitrogens with zero attached hydrogens (tertiary/aromatic N) is 4. The molecule has 2 aromatic rings. The van der Waals surface area contributed by atoms with Crippen LogP contribution in [0, 0.1) is 5.82 Å². The van der Waals surface area contributed by atoms with Crippen LogP contribution in [-0.2, 0) is 17.8 Å². The van der Waals surface area contributed by atoms with Crippen LogP contribution < -0.4 is 16.6 Å². The lowest BCUT2D eigenvalue weighted by Crippen LogP contribution is -2.44. The number of benzene rings is 2. The zero-order valence-corrected chi connectivity index (χ0v) is 17.7. The van der Waals surface area contributed by atoms with E-state index in [2.05, 4.69) is 5.10 Å². The Morgan fingerprint density at radius 1 is 1.23 bits per heavy atom. The maximum Gasteiger partial charge on any atom is 0.414 e. The van der Waals surface area contributed by atoms with Crippen molar-refractivity contribution in [2.75, 3.05) is 25.6 Å². The molecule has 0 saturated carbocycles. The third-order valence-electron chi connectivity index (χ3n) is 5.18. The van der Waals surface area contributed by atoms with Crippen molar-refractivity contribution in [3.05, 3.63) is 53.3 Å². The Morgan fingerprint density at radius 2 is 1.94 bits per heavy atom. The van der Waals surface area contributed by atoms with Crippen LogP contribution in [-0.4, -0.2) is 53.9 Å². The zero-order valence-electron chi connectivity index (χ0n) is 17.7. The minimum atomic E-state index is -0.454. The Bertz CT molecular complexity index is 997. The quantitative estimate of drug-likeness (QED) is 0.287. The predicted octanol–water partition coefficient (Wildman–Crippen LogP) is 1.80. The molecule has 2 heterocycles. The summed E-state index contributed by atoms with van der Waals surface area (Å²) in [5.41, 5.74) is 3.90. The number of fused-ring (bicyclic) bond motifs is 1. The second kappa shape index (κ2) is 9.19. The van der Waals surface area contributed by atoms with Gasteiger partial charge < -0.3 is 20.6 Å². The van der Waals surface area contributed by atoms with E-state index in [1.165, 1.54) is 16.0 Å². The van der Waals surface area contributed by atoms with Gasteiger partial charge in [-0.15, -0.1) is 5.10 Å². The number of cyclic esters (lactones) is 1. The molecule has 4 rings (SSSR count). The molecule has 9 nitrogen and oxygen atoms in total. The molecule has 0 aromatic heterocycles. The molecule has 1 fully saturated rings. The van der Waals surface area contributed by atoms with E-state index in [-0.39, 0.29) is 6.10 Å². The lowest BCUT2D eigenvalue weighted by Gasteiger charge is -2.24. The SMILES string of the molecule is CO.C[C@H]1CN(c2ccc(-c3ccc4c(c3)CN(/C(=N/N)N(C)N)C4)c(F)c2)C(=O)O1. The standard InChI is InChI=1S/C20H23FN6O2.CH4O/c1-12-9-27(20(28)29-12)16-5-6-17(18(21)8-16)13-3-4-14-10-26(11-15(14)7-13)19(24-22)25(2)23;1-2/h3-8,12H,9-11,22-23H2,1-2H3;2H,1H3/b24-19+;/t12-;/m0./s1. The fourth-order valence-corrected chi connectivity index (χ4v) is 3.82. The fraction of sp³-hybridized carbons (Fsp3) is 0.333. The molecular formula is C21H27FN6O3. The van der Waals surface area contributed by atoms with Gasteiger partial charge in [-0.3, -0.25) is 9.91 Å². The second-order valence-electron chi connectivity index (χ2n) is 7.35. The molecular weight excluding hydrogens is 403 g/mol. The Morgan fingerprint density at radius 3 is 2.52 bits per heavy atom. The number of nitrogens with two attached hydrogens (primary N) is 2. The Hall–Kier alpha value is -3.37. The highest BCUT2D eigenvalue weighted by atomic mass is 19.1. The smallest absolute Gasteiger partial charge is 0.414 e. The minimum absolute atomic E-state index is 0.209. The molecule has 0 aliphatic carbocycles. The second-order valence-corrected chi connectivity index (χ2v) is 7.35. The van der Waals surface area contributed by atoms with Crippen molar-refractivity contribution < 1.29 is 19.0 Å². The van der Waals surface area contributed by atoms with Crippen LogP contribution in [0.4, 0.5) is 14.9 Å². The van der Waals surface area contributed by atoms with Gasteiger partial charge in [0.2, 0.25) is 5.96 Å². The highest BCUT2D eigenvalue weighted by molar-refractivity contribution is 5.90. The van der Waals surface area contributed by atoms with Crippen LogP contribution in [0.5, 0.6) is 0 Å². The summed E-state index contributed by atoms with van der Waals surface area (Å²) in [4.78, 5) is 15.3. The van der Waals surface area contributed by atoms with Crippen molar-refractivity contribution >= 4 is 17.7 Å². The fourth-order valence-electron chi connectivity index (χ4n) is 3.82. The van der Waals surface area contributed by atoms with Gasteiger partial charge in [0.25, 0.3) is 0 Å². The summed E-state index contributed by atoms with van der Waals surface area (Å²) in [6, 6.07) is 10.6. The van der Waals surface area contributed by atoms with Gasteiger partial charge in [0, 0.05) is 32.8 Å². The van der Waals surface area contributed by atoms with E-state index < -0.39 is 11.9 Å². The highest BCUT2D eigenvalue weighted by Crippen LogP contribution is 2.32. The number of hydrazone groups is 1. The summed E-state index contributed by atoms with van der Waals surface area (Å²) in [5.74, 6) is 11.3. The van der Waals surface area contributed by atoms with Crippen LogP contribution in [0.25, 0.3) is 11.1 Å². The molecule has 2 aromatic carbocycles. The lowest BCUT2D eigenvalue weighted by atomic mass is 10.00. The number of carbonyl (C=O) groups excluding carboxylic acids is 1. The molecule has 1 saturated heterocycles. The highest BCUT2D eigenvalue weighted by Gasteiger charge is 2.30. The Balaban J connectivity index is 0.00000132. The molecule has 10 heteroatoms. The van der Waals surface area contributed by atoms with Crippen molar-refractivity contribution in [3.63, 3.8) is 0 Å². The largest absolute Gasteiger partial charge is 0.444 e. The van der Waals surface area contributed by atoms with Gasteiger partial charge in [0.05, 0.1) is 12.2 Å². The number of hydrazine groups is 1. The third-order valence-corrected chi connectivity index (χ3v) is 5.18. The number of amides is 1. The monoisotopic (exact) mass is 430 g/mol. The first-order valence-electron chi connectivity index (χ1n) is 9.73. The molecule has 0 spiro atoms. The number of hydrogen-bond acceptors (Lipinski definition) is 6. The van der Waals surface area contributed by atoms with Gasteiger partial charge in [-0.25, -0.2) is 15.0 Å². The molecule has 0 bridgehead atoms. The van der Waals surface area contributed by atoms with E-state index in [4.69, 9.17) is 21.5 Å². The number of hydrogen-bond donors (Lipinski definition) is 3. The average Bonchev–Trinajstić information content (AvgIpc) is 3.31. The van der Waals surface area contributed by atoms with Crippen molar-refractivity contribution in [2.24, 2.45) is 16.8 Å². The van der Waals surface area contributed by atoms with E-state index in [1.807, 2.05) is 23.1 Å². The number of rotatable bonds is 2. The summed E-state index contributed by atoms with van der Waals surface area (Å²) in [6.07, 6.45) is -0.663. The van der Waals surface area contributed by atoms with Gasteiger partial charge in [-0.05, 0) is 47.9 Å². The van der Waals surface area contributed by atoms with E-state index in [9.17, 15) is 9.18 Å².